The first-order valence-corrected chi connectivity index (χ1v) is 8.21. The quantitative estimate of drug-likeness (QED) is 0.923. The first-order chi connectivity index (χ1) is 9.33. The third kappa shape index (κ3) is 3.01. The van der Waals surface area contributed by atoms with Crippen molar-refractivity contribution in [3.05, 3.63) is 57.8 Å². The number of thiophene rings is 1. The predicted octanol–water partition coefficient (Wildman–Crippen LogP) is 3.99. The van der Waals surface area contributed by atoms with Crippen LogP contribution < -0.4 is 5.32 Å². The molecule has 0 bridgehead atoms. The molecule has 19 heavy (non-hydrogen) atoms. The van der Waals surface area contributed by atoms with Crippen molar-refractivity contribution in [2.75, 3.05) is 5.75 Å². The van der Waals surface area contributed by atoms with E-state index in [1.165, 1.54) is 16.0 Å². The second-order valence-electron chi connectivity index (χ2n) is 4.57. The summed E-state index contributed by atoms with van der Waals surface area (Å²) in [5.74, 6) is 1.06. The number of amidine groups is 1. The molecule has 1 aromatic heterocycles. The normalized spacial score (nSPS) is 20.7. The first kappa shape index (κ1) is 12.8. The van der Waals surface area contributed by atoms with Gasteiger partial charge < -0.3 is 5.32 Å². The van der Waals surface area contributed by atoms with E-state index in [2.05, 4.69) is 59.0 Å². The number of aryl methyl sites for hydroxylation is 1. The molecule has 2 aromatic rings. The molecule has 0 radical (unpaired) electrons. The summed E-state index contributed by atoms with van der Waals surface area (Å²) in [7, 11) is 0. The number of nitrogens with one attached hydrogen (secondary N) is 1. The second-order valence-corrected chi connectivity index (χ2v) is 6.58. The molecule has 1 unspecified atom stereocenters. The van der Waals surface area contributed by atoms with Gasteiger partial charge in [-0.25, -0.2) is 0 Å². The van der Waals surface area contributed by atoms with Crippen molar-refractivity contribution in [3.8, 4) is 0 Å². The Morgan fingerprint density at radius 3 is 2.84 bits per heavy atom. The Balaban J connectivity index is 1.64. The van der Waals surface area contributed by atoms with Crippen molar-refractivity contribution < 1.29 is 0 Å². The molecule has 0 aliphatic carbocycles. The number of benzene rings is 1. The molecule has 1 aliphatic heterocycles. The third-order valence-electron chi connectivity index (χ3n) is 3.22. The minimum Gasteiger partial charge on any atom is -0.357 e. The molecular weight excluding hydrogens is 272 g/mol. The van der Waals surface area contributed by atoms with E-state index in [1.54, 1.807) is 11.3 Å². The molecule has 98 valence electrons. The van der Waals surface area contributed by atoms with Crippen molar-refractivity contribution >= 4 is 28.3 Å². The van der Waals surface area contributed by atoms with Gasteiger partial charge in [0.15, 0.2) is 5.17 Å². The fourth-order valence-electron chi connectivity index (χ4n) is 2.06. The summed E-state index contributed by atoms with van der Waals surface area (Å²) >= 11 is 3.60. The van der Waals surface area contributed by atoms with Crippen LogP contribution in [0.15, 0.2) is 46.8 Å². The highest BCUT2D eigenvalue weighted by atomic mass is 32.2. The van der Waals surface area contributed by atoms with Crippen LogP contribution in [0.5, 0.6) is 0 Å². The molecule has 0 saturated carbocycles. The summed E-state index contributed by atoms with van der Waals surface area (Å²) in [5.41, 5.74) is 2.68. The Morgan fingerprint density at radius 2 is 2.11 bits per heavy atom. The van der Waals surface area contributed by atoms with E-state index in [0.717, 1.165) is 17.5 Å². The lowest BCUT2D eigenvalue weighted by molar-refractivity contribution is 0.748. The largest absolute Gasteiger partial charge is 0.357 e. The van der Waals surface area contributed by atoms with E-state index < -0.39 is 0 Å². The van der Waals surface area contributed by atoms with Crippen molar-refractivity contribution in [2.24, 2.45) is 4.99 Å². The lowest BCUT2D eigenvalue weighted by atomic mass is 10.1. The van der Waals surface area contributed by atoms with E-state index in [-0.39, 0.29) is 0 Å². The van der Waals surface area contributed by atoms with E-state index in [0.29, 0.717) is 6.04 Å². The molecule has 2 nitrogen and oxygen atoms in total. The van der Waals surface area contributed by atoms with Crippen LogP contribution in [0.2, 0.25) is 0 Å². The lowest BCUT2D eigenvalue weighted by Gasteiger charge is -2.09. The first-order valence-electron chi connectivity index (χ1n) is 6.34. The zero-order chi connectivity index (χ0) is 13.1. The van der Waals surface area contributed by atoms with Gasteiger partial charge in [-0.3, -0.25) is 4.99 Å². The summed E-state index contributed by atoms with van der Waals surface area (Å²) in [4.78, 5) is 6.04. The zero-order valence-electron chi connectivity index (χ0n) is 10.8. The predicted molar refractivity (Wildman–Crippen MR) is 85.0 cm³/mol. The van der Waals surface area contributed by atoms with Crippen LogP contribution in [0, 0.1) is 6.92 Å². The molecule has 1 aliphatic rings. The van der Waals surface area contributed by atoms with Gasteiger partial charge in [-0.1, -0.05) is 42.1 Å². The van der Waals surface area contributed by atoms with Gasteiger partial charge in [0.2, 0.25) is 0 Å². The fourth-order valence-corrected chi connectivity index (χ4v) is 3.87. The molecule has 1 N–H and O–H groups in total. The van der Waals surface area contributed by atoms with Crippen LogP contribution in [0.3, 0.4) is 0 Å². The summed E-state index contributed by atoms with van der Waals surface area (Å²) in [6.07, 6.45) is 0. The summed E-state index contributed by atoms with van der Waals surface area (Å²) in [6.45, 7) is 2.94. The van der Waals surface area contributed by atoms with Crippen LogP contribution in [0.25, 0.3) is 0 Å². The van der Waals surface area contributed by atoms with Gasteiger partial charge in [-0.15, -0.1) is 11.3 Å². The minimum absolute atomic E-state index is 0.398. The molecule has 1 fully saturated rings. The van der Waals surface area contributed by atoms with Crippen LogP contribution in [0.1, 0.15) is 22.0 Å². The number of aliphatic imine (C=N–C) groups is 1. The van der Waals surface area contributed by atoms with Gasteiger partial charge in [0.25, 0.3) is 0 Å². The Bertz CT molecular complexity index is 575. The highest BCUT2D eigenvalue weighted by Gasteiger charge is 2.21. The molecular formula is C15H16N2S2. The summed E-state index contributed by atoms with van der Waals surface area (Å²) < 4.78 is 0. The Morgan fingerprint density at radius 1 is 1.26 bits per heavy atom. The van der Waals surface area contributed by atoms with Crippen LogP contribution >= 0.6 is 23.1 Å². The van der Waals surface area contributed by atoms with Crippen LogP contribution in [-0.4, -0.2) is 10.9 Å². The Kier molecular flexibility index (Phi) is 3.89. The average Bonchev–Trinajstić information content (AvgIpc) is 3.06. The van der Waals surface area contributed by atoms with Gasteiger partial charge in [0.05, 0.1) is 12.6 Å². The van der Waals surface area contributed by atoms with Crippen molar-refractivity contribution in [2.45, 2.75) is 19.5 Å². The zero-order valence-corrected chi connectivity index (χ0v) is 12.4. The molecule has 0 spiro atoms. The topological polar surface area (TPSA) is 24.4 Å². The number of hydrogen-bond donors (Lipinski definition) is 1. The maximum Gasteiger partial charge on any atom is 0.157 e. The molecule has 2 heterocycles. The summed E-state index contributed by atoms with van der Waals surface area (Å²) in [5, 5.41) is 6.71. The van der Waals surface area contributed by atoms with E-state index in [1.807, 2.05) is 11.8 Å². The molecule has 3 rings (SSSR count). The van der Waals surface area contributed by atoms with Crippen LogP contribution in [0.4, 0.5) is 0 Å². The molecule has 0 amide bonds. The molecule has 4 heteroatoms. The lowest BCUT2D eigenvalue weighted by Crippen LogP contribution is -2.19. The van der Waals surface area contributed by atoms with Crippen molar-refractivity contribution in [3.63, 3.8) is 0 Å². The van der Waals surface area contributed by atoms with Gasteiger partial charge in [-0.2, -0.15) is 0 Å². The Labute approximate surface area is 122 Å². The summed E-state index contributed by atoms with van der Waals surface area (Å²) in [6, 6.07) is 13.1. The van der Waals surface area contributed by atoms with E-state index in [4.69, 9.17) is 0 Å². The highest BCUT2D eigenvalue weighted by molar-refractivity contribution is 8.14. The van der Waals surface area contributed by atoms with E-state index in [9.17, 15) is 0 Å². The SMILES string of the molecule is Cc1ccsc1CN=C1NC(c2ccccc2)CS1. The third-order valence-corrected chi connectivity index (χ3v) is 5.25. The maximum absolute atomic E-state index is 4.68. The monoisotopic (exact) mass is 288 g/mol. The maximum atomic E-state index is 4.68. The van der Waals surface area contributed by atoms with Gasteiger partial charge in [0, 0.05) is 10.6 Å². The average molecular weight is 288 g/mol. The molecule has 1 saturated heterocycles. The minimum atomic E-state index is 0.398. The van der Waals surface area contributed by atoms with E-state index >= 15 is 0 Å². The van der Waals surface area contributed by atoms with Gasteiger partial charge in [-0.05, 0) is 29.5 Å². The second kappa shape index (κ2) is 5.80. The number of nitrogens with zero attached hydrogens (tertiary/aromatic N) is 1. The van der Waals surface area contributed by atoms with Crippen molar-refractivity contribution in [1.29, 1.82) is 0 Å². The number of thioether (sulfide) groups is 1. The van der Waals surface area contributed by atoms with Crippen molar-refractivity contribution in [1.82, 2.24) is 5.32 Å². The fraction of sp³-hybridized carbons (Fsp3) is 0.267. The van der Waals surface area contributed by atoms with Gasteiger partial charge >= 0.3 is 0 Å². The standard InChI is InChI=1S/C15H16N2S2/c1-11-7-8-18-14(11)9-16-15-17-13(10-19-15)12-5-3-2-4-6-12/h2-8,13H,9-10H2,1H3,(H,16,17). The Hall–Kier alpha value is -1.26. The smallest absolute Gasteiger partial charge is 0.157 e. The highest BCUT2D eigenvalue weighted by Crippen LogP contribution is 2.26. The number of rotatable bonds is 3. The number of hydrogen-bond acceptors (Lipinski definition) is 3. The van der Waals surface area contributed by atoms with Crippen LogP contribution in [-0.2, 0) is 6.54 Å². The molecule has 1 atom stereocenters. The van der Waals surface area contributed by atoms with Gasteiger partial charge in [0.1, 0.15) is 0 Å². The molecule has 1 aromatic carbocycles.